The SMILES string of the molecule is COc1cccc(P(c2ccccc2)c2ccccc2)c1-c1c(P(c2ccccc2)c2ccccc2)cccc1P(c1ccccc1)c1ccccc1. The molecule has 53 heavy (non-hydrogen) atoms. The summed E-state index contributed by atoms with van der Waals surface area (Å²) < 4.78 is 6.48. The van der Waals surface area contributed by atoms with Gasteiger partial charge in [-0.05, 0) is 77.6 Å². The Balaban J connectivity index is 1.52. The van der Waals surface area contributed by atoms with E-state index in [0.29, 0.717) is 0 Å². The van der Waals surface area contributed by atoms with Crippen molar-refractivity contribution in [1.82, 2.24) is 0 Å². The van der Waals surface area contributed by atoms with Gasteiger partial charge in [-0.25, -0.2) is 0 Å². The van der Waals surface area contributed by atoms with E-state index in [9.17, 15) is 0 Å². The highest BCUT2D eigenvalue weighted by molar-refractivity contribution is 7.82. The van der Waals surface area contributed by atoms with Gasteiger partial charge in [0.25, 0.3) is 0 Å². The molecule has 0 aliphatic heterocycles. The summed E-state index contributed by atoms with van der Waals surface area (Å²) in [6.45, 7) is 0. The predicted molar refractivity (Wildman–Crippen MR) is 235 cm³/mol. The van der Waals surface area contributed by atoms with Crippen LogP contribution < -0.4 is 52.5 Å². The summed E-state index contributed by atoms with van der Waals surface area (Å²) in [6, 6.07) is 80.1. The Hall–Kier alpha value is -5.15. The first kappa shape index (κ1) is 34.9. The molecule has 0 spiro atoms. The van der Waals surface area contributed by atoms with Crippen molar-refractivity contribution in [2.45, 2.75) is 0 Å². The fraction of sp³-hybridized carbons (Fsp3) is 0.0204. The van der Waals surface area contributed by atoms with E-state index in [1.54, 1.807) is 0 Å². The Labute approximate surface area is 317 Å². The molecule has 0 fully saturated rings. The second-order valence-electron chi connectivity index (χ2n) is 12.5. The van der Waals surface area contributed by atoms with Crippen LogP contribution in [0.2, 0.25) is 0 Å². The number of hydrogen-bond donors (Lipinski definition) is 0. The summed E-state index contributed by atoms with van der Waals surface area (Å²) in [5.41, 5.74) is 2.45. The Morgan fingerprint density at radius 2 is 0.509 bits per heavy atom. The quantitative estimate of drug-likeness (QED) is 0.121. The molecule has 0 aliphatic rings. The lowest BCUT2D eigenvalue weighted by Crippen LogP contribution is -2.31. The minimum absolute atomic E-state index is 0.891. The van der Waals surface area contributed by atoms with Gasteiger partial charge in [-0.15, -0.1) is 0 Å². The van der Waals surface area contributed by atoms with E-state index in [4.69, 9.17) is 4.74 Å². The molecule has 0 heterocycles. The average Bonchev–Trinajstić information content (AvgIpc) is 3.24. The topological polar surface area (TPSA) is 9.23 Å². The Bertz CT molecular complexity index is 2150. The van der Waals surface area contributed by atoms with Gasteiger partial charge in [0, 0.05) is 11.1 Å². The van der Waals surface area contributed by atoms with Crippen molar-refractivity contribution in [2.75, 3.05) is 7.11 Å². The molecule has 0 N–H and O–H groups in total. The molecule has 0 aliphatic carbocycles. The van der Waals surface area contributed by atoms with Gasteiger partial charge >= 0.3 is 0 Å². The van der Waals surface area contributed by atoms with Crippen molar-refractivity contribution in [2.24, 2.45) is 0 Å². The zero-order valence-electron chi connectivity index (χ0n) is 29.5. The van der Waals surface area contributed by atoms with E-state index >= 15 is 0 Å². The van der Waals surface area contributed by atoms with Crippen molar-refractivity contribution in [3.8, 4) is 16.9 Å². The summed E-state index contributed by atoms with van der Waals surface area (Å²) in [6.07, 6.45) is 0. The Morgan fingerprint density at radius 3 is 0.774 bits per heavy atom. The molecule has 0 saturated heterocycles. The normalized spacial score (nSPS) is 11.2. The van der Waals surface area contributed by atoms with Gasteiger partial charge in [-0.1, -0.05) is 212 Å². The van der Waals surface area contributed by atoms with Gasteiger partial charge in [-0.2, -0.15) is 0 Å². The fourth-order valence-corrected chi connectivity index (χ4v) is 14.6. The monoisotopic (exact) mass is 736 g/mol. The standard InChI is InChI=1S/C49H39OP3/c1-50-44-34-20-35-45(51(38-22-8-2-9-23-38)39-24-10-3-11-25-39)48(44)49-46(52(40-26-12-4-13-27-40)41-28-14-5-15-29-41)36-21-37-47(49)53(42-30-16-6-17-31-42)43-32-18-7-19-33-43/h2-37H,1H3. The second kappa shape index (κ2) is 16.7. The third-order valence-corrected chi connectivity index (χ3v) is 16.8. The molecule has 0 saturated carbocycles. The van der Waals surface area contributed by atoms with Gasteiger partial charge in [0.1, 0.15) is 5.75 Å². The highest BCUT2D eigenvalue weighted by Crippen LogP contribution is 2.46. The van der Waals surface area contributed by atoms with Crippen molar-refractivity contribution >= 4 is 71.5 Å². The number of rotatable bonds is 11. The number of ether oxygens (including phenoxy) is 1. The number of benzene rings is 8. The van der Waals surface area contributed by atoms with Crippen LogP contribution in [0.1, 0.15) is 0 Å². The van der Waals surface area contributed by atoms with E-state index in [2.05, 4.69) is 218 Å². The smallest absolute Gasteiger partial charge is 0.127 e. The van der Waals surface area contributed by atoms with Crippen LogP contribution in [0, 0.1) is 0 Å². The van der Waals surface area contributed by atoms with Crippen LogP contribution >= 0.6 is 23.8 Å². The van der Waals surface area contributed by atoms with Crippen molar-refractivity contribution in [3.63, 3.8) is 0 Å². The molecule has 8 aromatic rings. The lowest BCUT2D eigenvalue weighted by Gasteiger charge is -2.31. The molecule has 8 aromatic carbocycles. The summed E-state index contributed by atoms with van der Waals surface area (Å²) in [5.74, 6) is 0.891. The maximum atomic E-state index is 6.48. The average molecular weight is 737 g/mol. The van der Waals surface area contributed by atoms with Crippen molar-refractivity contribution < 1.29 is 4.74 Å². The fourth-order valence-electron chi connectivity index (χ4n) is 7.03. The molecule has 0 radical (unpaired) electrons. The largest absolute Gasteiger partial charge is 0.496 e. The zero-order chi connectivity index (χ0) is 35.8. The van der Waals surface area contributed by atoms with Crippen molar-refractivity contribution in [3.05, 3.63) is 218 Å². The summed E-state index contributed by atoms with van der Waals surface area (Å²) in [4.78, 5) is 0. The van der Waals surface area contributed by atoms with E-state index in [-0.39, 0.29) is 0 Å². The predicted octanol–water partition coefficient (Wildman–Crippen LogP) is 8.64. The van der Waals surface area contributed by atoms with E-state index in [0.717, 1.165) is 5.75 Å². The highest BCUT2D eigenvalue weighted by atomic mass is 31.1. The van der Waals surface area contributed by atoms with Crippen LogP contribution in [0.3, 0.4) is 0 Å². The first-order valence-electron chi connectivity index (χ1n) is 17.8. The minimum atomic E-state index is -0.965. The first-order valence-corrected chi connectivity index (χ1v) is 21.9. The Morgan fingerprint density at radius 1 is 0.264 bits per heavy atom. The maximum Gasteiger partial charge on any atom is 0.127 e. The molecule has 0 unspecified atom stereocenters. The second-order valence-corrected chi connectivity index (χ2v) is 19.1. The summed E-state index contributed by atoms with van der Waals surface area (Å²) >= 11 is 0. The zero-order valence-corrected chi connectivity index (χ0v) is 32.2. The van der Waals surface area contributed by atoms with Gasteiger partial charge in [0.15, 0.2) is 0 Å². The van der Waals surface area contributed by atoms with Crippen LogP contribution in [0.5, 0.6) is 5.75 Å². The van der Waals surface area contributed by atoms with Gasteiger partial charge < -0.3 is 4.74 Å². The van der Waals surface area contributed by atoms with Crippen LogP contribution in [0.15, 0.2) is 218 Å². The van der Waals surface area contributed by atoms with Crippen LogP contribution in [0.4, 0.5) is 0 Å². The first-order chi connectivity index (χ1) is 26.3. The molecule has 0 atom stereocenters. The van der Waals surface area contributed by atoms with Gasteiger partial charge in [0.05, 0.1) is 7.11 Å². The van der Waals surface area contributed by atoms with E-state index in [1.807, 2.05) is 7.11 Å². The third-order valence-electron chi connectivity index (χ3n) is 9.30. The molecule has 4 heteroatoms. The third kappa shape index (κ3) is 7.40. The molecule has 256 valence electrons. The molecule has 8 rings (SSSR count). The molecular formula is C49H39OP3. The molecule has 0 aromatic heterocycles. The number of hydrogen-bond acceptors (Lipinski definition) is 1. The van der Waals surface area contributed by atoms with E-state index in [1.165, 1.54) is 58.9 Å². The van der Waals surface area contributed by atoms with Gasteiger partial charge in [-0.3, -0.25) is 0 Å². The van der Waals surface area contributed by atoms with Crippen LogP contribution in [-0.4, -0.2) is 7.11 Å². The molecule has 0 amide bonds. The summed E-state index contributed by atoms with van der Waals surface area (Å²) in [7, 11) is -1.06. The molecule has 0 bridgehead atoms. The minimum Gasteiger partial charge on any atom is -0.496 e. The van der Waals surface area contributed by atoms with Crippen LogP contribution in [-0.2, 0) is 0 Å². The lowest BCUT2D eigenvalue weighted by atomic mass is 10.0. The highest BCUT2D eigenvalue weighted by Gasteiger charge is 2.31. The molecular weight excluding hydrogens is 697 g/mol. The van der Waals surface area contributed by atoms with E-state index < -0.39 is 23.8 Å². The van der Waals surface area contributed by atoms with Crippen molar-refractivity contribution in [1.29, 1.82) is 0 Å². The van der Waals surface area contributed by atoms with Gasteiger partial charge in [0.2, 0.25) is 0 Å². The Kier molecular flexibility index (Phi) is 11.0. The lowest BCUT2D eigenvalue weighted by molar-refractivity contribution is 0.417. The molecule has 1 nitrogen and oxygen atoms in total. The maximum absolute atomic E-state index is 6.48. The van der Waals surface area contributed by atoms with Crippen LogP contribution in [0.25, 0.3) is 11.1 Å². The number of methoxy groups -OCH3 is 1. The summed E-state index contributed by atoms with van der Waals surface area (Å²) in [5, 5.41) is 11.8.